The third-order valence-corrected chi connectivity index (χ3v) is 4.57. The highest BCUT2D eigenvalue weighted by Gasteiger charge is 2.16. The lowest BCUT2D eigenvalue weighted by Gasteiger charge is -2.02. The molecule has 0 spiro atoms. The van der Waals surface area contributed by atoms with E-state index in [-0.39, 0.29) is 5.56 Å². The van der Waals surface area contributed by atoms with E-state index < -0.39 is 17.5 Å². The van der Waals surface area contributed by atoms with E-state index in [4.69, 9.17) is 0 Å². The van der Waals surface area contributed by atoms with Crippen molar-refractivity contribution in [1.82, 2.24) is 4.98 Å². The number of aromatic nitrogens is 1. The molecule has 110 valence electrons. The normalized spacial score (nSPS) is 14.4. The van der Waals surface area contributed by atoms with Gasteiger partial charge in [-0.1, -0.05) is 6.42 Å². The fraction of sp³-hybridized carbons (Fsp3) is 0.333. The smallest absolute Gasteiger partial charge is 0.257 e. The molecule has 0 unspecified atom stereocenters. The van der Waals surface area contributed by atoms with Crippen LogP contribution >= 0.6 is 11.3 Å². The number of hydrogen-bond acceptors (Lipinski definition) is 3. The maximum atomic E-state index is 13.1. The molecule has 0 fully saturated rings. The number of hydrogen-bond donors (Lipinski definition) is 1. The van der Waals surface area contributed by atoms with Gasteiger partial charge in [0.2, 0.25) is 0 Å². The zero-order chi connectivity index (χ0) is 14.8. The van der Waals surface area contributed by atoms with Gasteiger partial charge in [-0.2, -0.15) is 0 Å². The van der Waals surface area contributed by atoms with E-state index in [9.17, 15) is 13.6 Å². The lowest BCUT2D eigenvalue weighted by atomic mass is 10.2. The minimum atomic E-state index is -1.03. The fourth-order valence-corrected chi connectivity index (χ4v) is 3.43. The van der Waals surface area contributed by atoms with Crippen LogP contribution in [0.3, 0.4) is 0 Å². The molecule has 1 aliphatic carbocycles. The van der Waals surface area contributed by atoms with Crippen LogP contribution in [-0.2, 0) is 12.8 Å². The summed E-state index contributed by atoms with van der Waals surface area (Å²) in [5, 5.41) is 3.19. The summed E-state index contributed by atoms with van der Waals surface area (Å²) in [6.45, 7) is 0. The highest BCUT2D eigenvalue weighted by Crippen LogP contribution is 2.29. The number of nitrogens with one attached hydrogen (secondary N) is 1. The molecule has 1 heterocycles. The predicted molar refractivity (Wildman–Crippen MR) is 77.7 cm³/mol. The van der Waals surface area contributed by atoms with Gasteiger partial charge in [0.25, 0.3) is 5.91 Å². The van der Waals surface area contributed by atoms with Gasteiger partial charge in [0.15, 0.2) is 16.8 Å². The molecule has 21 heavy (non-hydrogen) atoms. The Balaban J connectivity index is 1.77. The van der Waals surface area contributed by atoms with Crippen molar-refractivity contribution < 1.29 is 13.6 Å². The predicted octanol–water partition coefficient (Wildman–Crippen LogP) is 3.94. The fourth-order valence-electron chi connectivity index (χ4n) is 2.39. The Morgan fingerprint density at radius 3 is 2.76 bits per heavy atom. The number of benzene rings is 1. The Bertz CT molecular complexity index is 661. The van der Waals surface area contributed by atoms with Gasteiger partial charge in [-0.3, -0.25) is 10.1 Å². The van der Waals surface area contributed by atoms with Crippen LogP contribution in [0.25, 0.3) is 0 Å². The van der Waals surface area contributed by atoms with Crippen LogP contribution in [0.1, 0.15) is 40.2 Å². The van der Waals surface area contributed by atoms with Crippen LogP contribution in [0.15, 0.2) is 18.2 Å². The maximum absolute atomic E-state index is 13.1. The van der Waals surface area contributed by atoms with Crippen molar-refractivity contribution in [3.8, 4) is 0 Å². The van der Waals surface area contributed by atoms with Crippen molar-refractivity contribution in [3.05, 3.63) is 46.0 Å². The molecule has 3 rings (SSSR count). The molecule has 3 nitrogen and oxygen atoms in total. The number of fused-ring (bicyclic) bond motifs is 1. The number of carbonyl (C=O) groups is 1. The second-order valence-corrected chi connectivity index (χ2v) is 6.12. The van der Waals surface area contributed by atoms with Crippen molar-refractivity contribution in [3.63, 3.8) is 0 Å². The largest absolute Gasteiger partial charge is 0.298 e. The van der Waals surface area contributed by atoms with E-state index in [1.165, 1.54) is 28.7 Å². The molecule has 1 aromatic heterocycles. The monoisotopic (exact) mass is 308 g/mol. The highest BCUT2D eigenvalue weighted by molar-refractivity contribution is 7.15. The first-order chi connectivity index (χ1) is 10.1. The van der Waals surface area contributed by atoms with Crippen LogP contribution in [-0.4, -0.2) is 10.9 Å². The third kappa shape index (κ3) is 3.10. The number of carbonyl (C=O) groups excluding carboxylic acids is 1. The number of aryl methyl sites for hydroxylation is 2. The molecule has 1 aromatic carbocycles. The average molecular weight is 308 g/mol. The Morgan fingerprint density at radius 1 is 1.14 bits per heavy atom. The Morgan fingerprint density at radius 2 is 1.95 bits per heavy atom. The van der Waals surface area contributed by atoms with E-state index in [0.29, 0.717) is 5.13 Å². The molecule has 1 aliphatic rings. The molecule has 0 saturated heterocycles. The van der Waals surface area contributed by atoms with E-state index >= 15 is 0 Å². The summed E-state index contributed by atoms with van der Waals surface area (Å²) in [6.07, 6.45) is 5.40. The number of amides is 1. The van der Waals surface area contributed by atoms with Crippen molar-refractivity contribution in [2.75, 3.05) is 5.32 Å². The molecule has 0 atom stereocenters. The quantitative estimate of drug-likeness (QED) is 0.854. The summed E-state index contributed by atoms with van der Waals surface area (Å²) in [6, 6.07) is 3.09. The van der Waals surface area contributed by atoms with Gasteiger partial charge in [0.05, 0.1) is 5.69 Å². The molecule has 1 amide bonds. The second-order valence-electron chi connectivity index (χ2n) is 5.03. The first kappa shape index (κ1) is 14.1. The van der Waals surface area contributed by atoms with Crippen molar-refractivity contribution in [1.29, 1.82) is 0 Å². The van der Waals surface area contributed by atoms with Crippen molar-refractivity contribution in [2.24, 2.45) is 0 Å². The van der Waals surface area contributed by atoms with Crippen LogP contribution in [0, 0.1) is 11.6 Å². The zero-order valence-corrected chi connectivity index (χ0v) is 12.1. The Labute approximate surface area is 125 Å². The van der Waals surface area contributed by atoms with E-state index in [1.54, 1.807) is 0 Å². The summed E-state index contributed by atoms with van der Waals surface area (Å²) in [7, 11) is 0. The van der Waals surface area contributed by atoms with Gasteiger partial charge in [-0.25, -0.2) is 13.8 Å². The van der Waals surface area contributed by atoms with Gasteiger partial charge < -0.3 is 0 Å². The molecule has 0 bridgehead atoms. The standard InChI is InChI=1S/C15H14F2N2OS/c16-10-7-6-9(8-11(10)17)14(20)19-15-18-12-4-2-1-3-5-13(12)21-15/h6-8H,1-5H2,(H,18,19,20). The molecular formula is C15H14F2N2OS. The lowest BCUT2D eigenvalue weighted by molar-refractivity contribution is 0.102. The number of halogens is 2. The zero-order valence-electron chi connectivity index (χ0n) is 11.3. The summed E-state index contributed by atoms with van der Waals surface area (Å²) in [5.41, 5.74) is 1.14. The third-order valence-electron chi connectivity index (χ3n) is 3.50. The van der Waals surface area contributed by atoms with Gasteiger partial charge in [0, 0.05) is 10.4 Å². The lowest BCUT2D eigenvalue weighted by Crippen LogP contribution is -2.12. The van der Waals surface area contributed by atoms with Crippen LogP contribution in [0.5, 0.6) is 0 Å². The number of rotatable bonds is 2. The SMILES string of the molecule is O=C(Nc1nc2c(s1)CCCCC2)c1ccc(F)c(F)c1. The minimum absolute atomic E-state index is 0.0827. The molecule has 6 heteroatoms. The topological polar surface area (TPSA) is 42.0 Å². The van der Waals surface area contributed by atoms with Crippen LogP contribution in [0.4, 0.5) is 13.9 Å². The average Bonchev–Trinajstić information content (AvgIpc) is 2.70. The van der Waals surface area contributed by atoms with Crippen molar-refractivity contribution >= 4 is 22.4 Å². The van der Waals surface area contributed by atoms with Gasteiger partial charge in [-0.15, -0.1) is 11.3 Å². The minimum Gasteiger partial charge on any atom is -0.298 e. The number of nitrogens with zero attached hydrogens (tertiary/aromatic N) is 1. The Hall–Kier alpha value is -1.82. The van der Waals surface area contributed by atoms with Gasteiger partial charge in [-0.05, 0) is 43.9 Å². The van der Waals surface area contributed by atoms with Crippen molar-refractivity contribution in [2.45, 2.75) is 32.1 Å². The summed E-state index contributed by atoms with van der Waals surface area (Å²) >= 11 is 1.47. The van der Waals surface area contributed by atoms with E-state index in [1.807, 2.05) is 0 Å². The molecule has 0 radical (unpaired) electrons. The molecule has 0 aliphatic heterocycles. The summed E-state index contributed by atoms with van der Waals surface area (Å²) in [5.74, 6) is -2.47. The number of thiazole rings is 1. The summed E-state index contributed by atoms with van der Waals surface area (Å²) < 4.78 is 26.0. The maximum Gasteiger partial charge on any atom is 0.257 e. The van der Waals surface area contributed by atoms with E-state index in [2.05, 4.69) is 10.3 Å². The van der Waals surface area contributed by atoms with Crippen LogP contribution in [0.2, 0.25) is 0 Å². The first-order valence-corrected chi connectivity index (χ1v) is 7.70. The second kappa shape index (κ2) is 5.89. The van der Waals surface area contributed by atoms with Gasteiger partial charge >= 0.3 is 0 Å². The van der Waals surface area contributed by atoms with Crippen LogP contribution < -0.4 is 5.32 Å². The molecule has 0 saturated carbocycles. The van der Waals surface area contributed by atoms with Gasteiger partial charge in [0.1, 0.15) is 0 Å². The highest BCUT2D eigenvalue weighted by atomic mass is 32.1. The Kier molecular flexibility index (Phi) is 3.96. The molecular weight excluding hydrogens is 294 g/mol. The number of anilines is 1. The molecule has 2 aromatic rings. The summed E-state index contributed by atoms with van der Waals surface area (Å²) in [4.78, 5) is 17.7. The molecule has 1 N–H and O–H groups in total. The van der Waals surface area contributed by atoms with E-state index in [0.717, 1.165) is 43.5 Å². The first-order valence-electron chi connectivity index (χ1n) is 6.88.